The van der Waals surface area contributed by atoms with E-state index in [2.05, 4.69) is 17.4 Å². The van der Waals surface area contributed by atoms with Crippen LogP contribution in [0.1, 0.15) is 18.2 Å². The van der Waals surface area contributed by atoms with Crippen molar-refractivity contribution in [3.8, 4) is 22.8 Å². The Morgan fingerprint density at radius 2 is 1.81 bits per heavy atom. The van der Waals surface area contributed by atoms with Crippen LogP contribution in [0.25, 0.3) is 11.3 Å². The van der Waals surface area contributed by atoms with Gasteiger partial charge in [0.05, 0.1) is 12.1 Å². The lowest BCUT2D eigenvalue weighted by molar-refractivity contribution is -0.115. The van der Waals surface area contributed by atoms with Gasteiger partial charge in [0.2, 0.25) is 5.91 Å². The fourth-order valence-electron chi connectivity index (χ4n) is 2.92. The number of carbonyl (C=O) groups is 1. The van der Waals surface area contributed by atoms with Crippen LogP contribution in [0.4, 0.5) is 5.69 Å². The van der Waals surface area contributed by atoms with Crippen LogP contribution in [-0.2, 0) is 17.6 Å². The second kappa shape index (κ2) is 7.53. The van der Waals surface area contributed by atoms with Crippen molar-refractivity contribution in [2.24, 2.45) is 0 Å². The van der Waals surface area contributed by atoms with Crippen LogP contribution >= 0.6 is 0 Å². The van der Waals surface area contributed by atoms with E-state index in [1.807, 2.05) is 42.5 Å². The summed E-state index contributed by atoms with van der Waals surface area (Å²) < 4.78 is 16.5. The zero-order valence-corrected chi connectivity index (χ0v) is 15.0. The number of fused-ring (bicyclic) bond motifs is 1. The molecule has 138 valence electrons. The van der Waals surface area contributed by atoms with Gasteiger partial charge in [-0.3, -0.25) is 4.79 Å². The fraction of sp³-hybridized carbons (Fsp3) is 0.238. The number of ether oxygens (including phenoxy) is 2. The van der Waals surface area contributed by atoms with Crippen molar-refractivity contribution >= 4 is 11.6 Å². The molecule has 0 radical (unpaired) electrons. The SMILES string of the molecule is CCc1ccc(NC(=O)Cc2cc(-c3ccc4c(c3)OCCO4)on2)cc1. The maximum Gasteiger partial charge on any atom is 0.230 e. The summed E-state index contributed by atoms with van der Waals surface area (Å²) in [5, 5.41) is 6.88. The summed E-state index contributed by atoms with van der Waals surface area (Å²) in [6, 6.07) is 15.2. The number of benzene rings is 2. The molecule has 0 saturated heterocycles. The van der Waals surface area contributed by atoms with Crippen molar-refractivity contribution in [1.82, 2.24) is 5.16 Å². The van der Waals surface area contributed by atoms with Crippen molar-refractivity contribution in [3.05, 3.63) is 59.8 Å². The minimum absolute atomic E-state index is 0.138. The Kier molecular flexibility index (Phi) is 4.78. The smallest absolute Gasteiger partial charge is 0.230 e. The second-order valence-electron chi connectivity index (χ2n) is 6.32. The van der Waals surface area contributed by atoms with Crippen LogP contribution in [0.3, 0.4) is 0 Å². The summed E-state index contributed by atoms with van der Waals surface area (Å²) >= 11 is 0. The average Bonchev–Trinajstić information content (AvgIpc) is 3.16. The Labute approximate surface area is 157 Å². The van der Waals surface area contributed by atoms with Gasteiger partial charge in [-0.15, -0.1) is 0 Å². The normalized spacial score (nSPS) is 12.6. The number of anilines is 1. The van der Waals surface area contributed by atoms with Crippen LogP contribution in [-0.4, -0.2) is 24.3 Å². The Bertz CT molecular complexity index is 947. The Morgan fingerprint density at radius 1 is 1.04 bits per heavy atom. The molecule has 0 saturated carbocycles. The minimum atomic E-state index is -0.138. The number of rotatable bonds is 5. The molecule has 6 heteroatoms. The van der Waals surface area contributed by atoms with E-state index in [1.54, 1.807) is 6.07 Å². The largest absolute Gasteiger partial charge is 0.486 e. The molecule has 1 aromatic heterocycles. The highest BCUT2D eigenvalue weighted by molar-refractivity contribution is 5.92. The van der Waals surface area contributed by atoms with E-state index in [4.69, 9.17) is 14.0 Å². The zero-order valence-electron chi connectivity index (χ0n) is 15.0. The number of aryl methyl sites for hydroxylation is 1. The number of carbonyl (C=O) groups excluding carboxylic acids is 1. The lowest BCUT2D eigenvalue weighted by Crippen LogP contribution is -2.15. The summed E-state index contributed by atoms with van der Waals surface area (Å²) in [5.41, 5.74) is 3.40. The predicted octanol–water partition coefficient (Wildman–Crippen LogP) is 3.86. The molecule has 27 heavy (non-hydrogen) atoms. The van der Waals surface area contributed by atoms with Crippen molar-refractivity contribution < 1.29 is 18.8 Å². The molecular weight excluding hydrogens is 344 g/mol. The van der Waals surface area contributed by atoms with E-state index in [-0.39, 0.29) is 12.3 Å². The first-order valence-electron chi connectivity index (χ1n) is 8.95. The number of hydrogen-bond acceptors (Lipinski definition) is 5. The van der Waals surface area contributed by atoms with Gasteiger partial charge in [-0.2, -0.15) is 0 Å². The van der Waals surface area contributed by atoms with E-state index in [1.165, 1.54) is 5.56 Å². The average molecular weight is 364 g/mol. The van der Waals surface area contributed by atoms with Gasteiger partial charge in [0.15, 0.2) is 17.3 Å². The third-order valence-electron chi connectivity index (χ3n) is 4.37. The Hall–Kier alpha value is -3.28. The molecule has 0 unspecified atom stereocenters. The van der Waals surface area contributed by atoms with Crippen LogP contribution in [0.15, 0.2) is 53.1 Å². The van der Waals surface area contributed by atoms with Gasteiger partial charge >= 0.3 is 0 Å². The van der Waals surface area contributed by atoms with Crippen LogP contribution in [0, 0.1) is 0 Å². The van der Waals surface area contributed by atoms with Crippen LogP contribution < -0.4 is 14.8 Å². The van der Waals surface area contributed by atoms with Crippen molar-refractivity contribution in [1.29, 1.82) is 0 Å². The van der Waals surface area contributed by atoms with E-state index in [0.29, 0.717) is 30.4 Å². The molecule has 4 rings (SSSR count). The molecule has 0 bridgehead atoms. The van der Waals surface area contributed by atoms with Crippen molar-refractivity contribution in [2.45, 2.75) is 19.8 Å². The summed E-state index contributed by atoms with van der Waals surface area (Å²) in [7, 11) is 0. The molecule has 0 atom stereocenters. The number of hydrogen-bond donors (Lipinski definition) is 1. The highest BCUT2D eigenvalue weighted by atomic mass is 16.6. The maximum absolute atomic E-state index is 12.2. The molecule has 2 aromatic carbocycles. The zero-order chi connectivity index (χ0) is 18.6. The predicted molar refractivity (Wildman–Crippen MR) is 101 cm³/mol. The molecule has 6 nitrogen and oxygen atoms in total. The summed E-state index contributed by atoms with van der Waals surface area (Å²) in [6.07, 6.45) is 1.11. The molecule has 0 fully saturated rings. The lowest BCUT2D eigenvalue weighted by Gasteiger charge is -2.18. The van der Waals surface area contributed by atoms with Gasteiger partial charge in [-0.1, -0.05) is 24.2 Å². The van der Waals surface area contributed by atoms with E-state index in [9.17, 15) is 4.79 Å². The summed E-state index contributed by atoms with van der Waals surface area (Å²) in [5.74, 6) is 1.85. The quantitative estimate of drug-likeness (QED) is 0.744. The first-order chi connectivity index (χ1) is 13.2. The van der Waals surface area contributed by atoms with E-state index < -0.39 is 0 Å². The number of aromatic nitrogens is 1. The van der Waals surface area contributed by atoms with Gasteiger partial charge in [-0.25, -0.2) is 0 Å². The first kappa shape index (κ1) is 17.1. The van der Waals surface area contributed by atoms with Gasteiger partial charge in [0.1, 0.15) is 13.2 Å². The van der Waals surface area contributed by atoms with Gasteiger partial charge < -0.3 is 19.3 Å². The highest BCUT2D eigenvalue weighted by Crippen LogP contribution is 2.34. The first-order valence-corrected chi connectivity index (χ1v) is 8.95. The Morgan fingerprint density at radius 3 is 2.59 bits per heavy atom. The minimum Gasteiger partial charge on any atom is -0.486 e. The second-order valence-corrected chi connectivity index (χ2v) is 6.32. The number of nitrogens with one attached hydrogen (secondary N) is 1. The Balaban J connectivity index is 1.42. The van der Waals surface area contributed by atoms with Crippen molar-refractivity contribution in [2.75, 3.05) is 18.5 Å². The molecule has 1 N–H and O–H groups in total. The maximum atomic E-state index is 12.2. The molecular formula is C21H20N2O4. The standard InChI is InChI=1S/C21H20N2O4/c1-2-14-3-6-16(7-4-14)22-21(24)13-17-12-19(27-23-17)15-5-8-18-20(11-15)26-10-9-25-18/h3-8,11-12H,2,9-10,13H2,1H3,(H,22,24). The van der Waals surface area contributed by atoms with Gasteiger partial charge in [0.25, 0.3) is 0 Å². The summed E-state index contributed by atoms with van der Waals surface area (Å²) in [6.45, 7) is 3.17. The third kappa shape index (κ3) is 3.95. The topological polar surface area (TPSA) is 73.6 Å². The number of amides is 1. The van der Waals surface area contributed by atoms with Crippen LogP contribution in [0.2, 0.25) is 0 Å². The van der Waals surface area contributed by atoms with Gasteiger partial charge in [-0.05, 0) is 42.3 Å². The van der Waals surface area contributed by atoms with Crippen molar-refractivity contribution in [3.63, 3.8) is 0 Å². The summed E-state index contributed by atoms with van der Waals surface area (Å²) in [4.78, 5) is 12.2. The monoisotopic (exact) mass is 364 g/mol. The molecule has 2 heterocycles. The molecule has 1 aliphatic heterocycles. The third-order valence-corrected chi connectivity index (χ3v) is 4.37. The van der Waals surface area contributed by atoms with Gasteiger partial charge in [0, 0.05) is 17.3 Å². The fourth-order valence-corrected chi connectivity index (χ4v) is 2.92. The molecule has 3 aromatic rings. The highest BCUT2D eigenvalue weighted by Gasteiger charge is 2.15. The van der Waals surface area contributed by atoms with E-state index in [0.717, 1.165) is 23.4 Å². The van der Waals surface area contributed by atoms with Crippen LogP contribution in [0.5, 0.6) is 11.5 Å². The van der Waals surface area contributed by atoms with E-state index >= 15 is 0 Å². The molecule has 0 spiro atoms. The molecule has 1 aliphatic rings. The number of nitrogens with zero attached hydrogens (tertiary/aromatic N) is 1. The molecule has 0 aliphatic carbocycles. The molecule has 1 amide bonds. The lowest BCUT2D eigenvalue weighted by atomic mass is 10.1.